The third-order valence-electron chi connectivity index (χ3n) is 5.70. The maximum atomic E-state index is 3.54. The number of H-pyrrole nitrogens is 1. The van der Waals surface area contributed by atoms with Gasteiger partial charge in [0.05, 0.1) is 0 Å². The van der Waals surface area contributed by atoms with E-state index >= 15 is 0 Å². The molecule has 120 valence electrons. The number of halogens is 2. The van der Waals surface area contributed by atoms with E-state index in [9.17, 15) is 0 Å². The van der Waals surface area contributed by atoms with Crippen molar-refractivity contribution < 1.29 is 14.8 Å². The van der Waals surface area contributed by atoms with Gasteiger partial charge in [-0.3, -0.25) is 0 Å². The zero-order chi connectivity index (χ0) is 14.4. The van der Waals surface area contributed by atoms with Gasteiger partial charge in [-0.25, -0.2) is 0 Å². The average Bonchev–Trinajstić information content (AvgIpc) is 3.09. The molecule has 0 saturated carbocycles. The van der Waals surface area contributed by atoms with Crippen molar-refractivity contribution in [3.63, 3.8) is 0 Å². The Hall–Kier alpha value is -0.596. The molecule has 1 nitrogen and oxygen atoms in total. The van der Waals surface area contributed by atoms with Gasteiger partial charge in [0.2, 0.25) is 0 Å². The average molecular weight is 374 g/mol. The first-order valence-corrected chi connectivity index (χ1v) is 12.9. The molecule has 1 atom stereocenters. The van der Waals surface area contributed by atoms with E-state index < -0.39 is 14.8 Å². The first-order valence-electron chi connectivity index (χ1n) is 7.35. The molecule has 1 N–H and O–H groups in total. The second kappa shape index (κ2) is 6.49. The van der Waals surface area contributed by atoms with E-state index in [-0.39, 0.29) is 24.8 Å². The Labute approximate surface area is 146 Å². The number of nitrogens with one attached hydrogen (secondary N) is 1. The van der Waals surface area contributed by atoms with Crippen molar-refractivity contribution >= 4 is 38.7 Å². The second-order valence-electron chi connectivity index (χ2n) is 7.04. The topological polar surface area (TPSA) is 15.8 Å². The van der Waals surface area contributed by atoms with Gasteiger partial charge in [-0.15, -0.1) is 24.8 Å². The zero-order valence-corrected chi connectivity index (χ0v) is 16.8. The van der Waals surface area contributed by atoms with Crippen LogP contribution in [0.15, 0.2) is 48.7 Å². The molecule has 0 spiro atoms. The Morgan fingerprint density at radius 3 is 2.27 bits per heavy atom. The van der Waals surface area contributed by atoms with E-state index in [1.807, 2.05) is 0 Å². The molecule has 22 heavy (non-hydrogen) atoms. The maximum Gasteiger partial charge on any atom is -0.147 e. The Morgan fingerprint density at radius 2 is 1.68 bits per heavy atom. The fraction of sp³-hybridized carbons (Fsp3) is 0.278. The molecule has 1 heterocycles. The number of fused-ring (bicyclic) bond motifs is 1. The number of benzene rings is 1. The van der Waals surface area contributed by atoms with Crippen molar-refractivity contribution in [1.29, 1.82) is 0 Å². The van der Waals surface area contributed by atoms with Crippen LogP contribution in [0.2, 0.25) is 10.5 Å². The molecular weight excluding hydrogens is 349 g/mol. The van der Waals surface area contributed by atoms with Crippen molar-refractivity contribution in [2.45, 2.75) is 28.5 Å². The van der Waals surface area contributed by atoms with Gasteiger partial charge in [-0.05, 0) is 0 Å². The minimum absolute atomic E-state index is 0. The molecule has 1 aromatic heterocycles. The Morgan fingerprint density at radius 1 is 1.00 bits per heavy atom. The fourth-order valence-corrected chi connectivity index (χ4v) is 10.6. The van der Waals surface area contributed by atoms with Crippen molar-refractivity contribution in [2.24, 2.45) is 0 Å². The summed E-state index contributed by atoms with van der Waals surface area (Å²) in [6.07, 6.45) is 6.82. The first-order chi connectivity index (χ1) is 9.44. The quantitative estimate of drug-likeness (QED) is 0.692. The summed E-state index contributed by atoms with van der Waals surface area (Å²) >= 11 is -3.00. The van der Waals surface area contributed by atoms with Crippen LogP contribution in [0.1, 0.15) is 29.2 Å². The molecule has 4 heteroatoms. The van der Waals surface area contributed by atoms with Crippen LogP contribution in [-0.4, -0.2) is 8.80 Å². The normalized spacial score (nSPS) is 16.5. The SMILES string of the molecule is C[C](C)=[Ti]([CH3])([CH3])([c]1ccc[nH]1)[CH]1C=Cc2ccccc21.Cl.Cl. The van der Waals surface area contributed by atoms with Gasteiger partial charge < -0.3 is 0 Å². The Balaban J connectivity index is 0.00000121. The van der Waals surface area contributed by atoms with Crippen LogP contribution >= 0.6 is 24.8 Å². The van der Waals surface area contributed by atoms with Gasteiger partial charge in [-0.1, -0.05) is 0 Å². The monoisotopic (exact) mass is 373 g/mol. The van der Waals surface area contributed by atoms with E-state index in [0.717, 1.165) is 0 Å². The molecule has 0 aliphatic heterocycles. The van der Waals surface area contributed by atoms with E-state index in [2.05, 4.69) is 84.0 Å². The van der Waals surface area contributed by atoms with Gasteiger partial charge in [0.25, 0.3) is 0 Å². The summed E-state index contributed by atoms with van der Waals surface area (Å²) in [6, 6.07) is 13.3. The summed E-state index contributed by atoms with van der Waals surface area (Å²) in [5, 5.41) is 5.10. The van der Waals surface area contributed by atoms with Crippen LogP contribution in [0.3, 0.4) is 0 Å². The number of hydrogen-bond donors (Lipinski definition) is 1. The zero-order valence-electron chi connectivity index (χ0n) is 13.6. The van der Waals surface area contributed by atoms with Crippen LogP contribution in [0.25, 0.3) is 6.08 Å². The predicted octanol–water partition coefficient (Wildman–Crippen LogP) is 5.25. The van der Waals surface area contributed by atoms with Crippen molar-refractivity contribution in [3.8, 4) is 0 Å². The molecule has 1 unspecified atom stereocenters. The molecule has 1 aromatic carbocycles. The third-order valence-corrected chi connectivity index (χ3v) is 17.3. The van der Waals surface area contributed by atoms with Crippen LogP contribution in [-0.2, 0) is 14.8 Å². The Bertz CT molecular complexity index is 747. The van der Waals surface area contributed by atoms with Crippen LogP contribution in [0, 0.1) is 0 Å². The summed E-state index contributed by atoms with van der Waals surface area (Å²) in [5.74, 6) is 0. The molecule has 0 radical (unpaired) electrons. The van der Waals surface area contributed by atoms with Crippen LogP contribution < -0.4 is 4.00 Å². The van der Waals surface area contributed by atoms with Gasteiger partial charge >= 0.3 is 122 Å². The molecule has 0 amide bonds. The van der Waals surface area contributed by atoms with Gasteiger partial charge in [0.15, 0.2) is 0 Å². The van der Waals surface area contributed by atoms with Crippen molar-refractivity contribution in [3.05, 3.63) is 59.8 Å². The summed E-state index contributed by atoms with van der Waals surface area (Å²) in [7, 11) is 0. The van der Waals surface area contributed by atoms with Crippen LogP contribution in [0.5, 0.6) is 0 Å². The Kier molecular flexibility index (Phi) is 5.74. The molecular formula is C18H25Cl2NTi. The van der Waals surface area contributed by atoms with Gasteiger partial charge in [-0.2, -0.15) is 0 Å². The van der Waals surface area contributed by atoms with Crippen molar-refractivity contribution in [1.82, 2.24) is 4.98 Å². The molecule has 1 aliphatic rings. The molecule has 2 aromatic rings. The largest absolute Gasteiger partial charge is 0.147 e. The summed E-state index contributed by atoms with van der Waals surface area (Å²) in [6.45, 7) is 4.65. The minimum Gasteiger partial charge on any atom is -0.147 e. The third kappa shape index (κ3) is 2.59. The van der Waals surface area contributed by atoms with Gasteiger partial charge in [0.1, 0.15) is 0 Å². The smallest absolute Gasteiger partial charge is 0.147 e. The van der Waals surface area contributed by atoms with E-state index in [1.165, 1.54) is 15.1 Å². The molecule has 3 rings (SSSR count). The molecule has 1 aliphatic carbocycles. The fourth-order valence-electron chi connectivity index (χ4n) is 3.56. The second-order valence-corrected chi connectivity index (χ2v) is 18.2. The maximum absolute atomic E-state index is 3.54. The number of aromatic nitrogens is 1. The van der Waals surface area contributed by atoms with E-state index in [0.29, 0.717) is 4.22 Å². The standard InChI is InChI=1S/C9H7.C4H4N.C3H6.2CH3.2ClH.Ti/c1-2-5-9-7-3-6-8(9)4-1;1-2-4-5-3-1;1-3-2;;;;;/h1-7H;1-3,5H;1-2H3;2*1H3;2*1H;. The van der Waals surface area contributed by atoms with Crippen molar-refractivity contribution in [2.75, 3.05) is 0 Å². The molecule has 0 bridgehead atoms. The van der Waals surface area contributed by atoms with Gasteiger partial charge in [0, 0.05) is 0 Å². The molecule has 0 fully saturated rings. The minimum atomic E-state index is -3.00. The summed E-state index contributed by atoms with van der Waals surface area (Å²) < 4.78 is 3.62. The number of allylic oxidation sites excluding steroid dienone is 1. The predicted molar refractivity (Wildman–Crippen MR) is 101 cm³/mol. The summed E-state index contributed by atoms with van der Waals surface area (Å²) in [4.78, 5) is 3.54. The number of aromatic amines is 1. The summed E-state index contributed by atoms with van der Waals surface area (Å²) in [5.41, 5.74) is 2.90. The first kappa shape index (κ1) is 19.5. The van der Waals surface area contributed by atoms with E-state index in [4.69, 9.17) is 0 Å². The number of hydrogen-bond acceptors (Lipinski definition) is 0. The molecule has 0 saturated heterocycles. The number of rotatable bonds is 2. The van der Waals surface area contributed by atoms with E-state index in [1.54, 1.807) is 3.81 Å². The van der Waals surface area contributed by atoms with Crippen LogP contribution in [0.4, 0.5) is 0 Å².